The fraction of sp³-hybridized carbons (Fsp3) is 0.250. The molecule has 2 aromatic carbocycles. The summed E-state index contributed by atoms with van der Waals surface area (Å²) in [5.74, 6) is 0.755. The normalized spacial score (nSPS) is 11.7. The molecule has 0 aliphatic rings. The van der Waals surface area contributed by atoms with Crippen molar-refractivity contribution in [1.29, 1.82) is 0 Å². The first kappa shape index (κ1) is 20.6. The fourth-order valence-electron chi connectivity index (χ4n) is 2.89. The van der Waals surface area contributed by atoms with E-state index in [1.165, 1.54) is 0 Å². The number of hydrogen-bond acceptors (Lipinski definition) is 5. The number of halogens is 1. The molecule has 0 aliphatic heterocycles. The topological polar surface area (TPSA) is 101 Å². The lowest BCUT2D eigenvalue weighted by molar-refractivity contribution is 0.246. The van der Waals surface area contributed by atoms with Crippen LogP contribution in [0.5, 0.6) is 5.75 Å². The van der Waals surface area contributed by atoms with Crippen LogP contribution in [-0.4, -0.2) is 39.8 Å². The average molecular weight is 416 g/mol. The van der Waals surface area contributed by atoms with Gasteiger partial charge in [-0.25, -0.2) is 9.48 Å². The van der Waals surface area contributed by atoms with Crippen LogP contribution < -0.4 is 15.4 Å². The standard InChI is InChI=1S/C20H22ClN5O3/c1-29-17-8-2-14(3-9-17)12-18(19-13-22-25-26(19)10-11-27)24-20(28)23-16-6-4-15(21)5-7-16/h2-9,13,18,27H,10-12H2,1H3,(H2,23,24,28). The summed E-state index contributed by atoms with van der Waals surface area (Å²) in [6.07, 6.45) is 2.10. The number of hydrogen-bond donors (Lipinski definition) is 3. The molecule has 0 radical (unpaired) electrons. The van der Waals surface area contributed by atoms with E-state index in [0.29, 0.717) is 22.8 Å². The number of methoxy groups -OCH3 is 1. The Morgan fingerprint density at radius 2 is 1.93 bits per heavy atom. The van der Waals surface area contributed by atoms with Crippen LogP contribution in [0.2, 0.25) is 5.02 Å². The third-order valence-corrected chi connectivity index (χ3v) is 4.57. The van der Waals surface area contributed by atoms with Gasteiger partial charge in [-0.2, -0.15) is 0 Å². The van der Waals surface area contributed by atoms with E-state index < -0.39 is 6.04 Å². The summed E-state index contributed by atoms with van der Waals surface area (Å²) in [7, 11) is 1.61. The molecule has 0 aliphatic carbocycles. The van der Waals surface area contributed by atoms with Crippen molar-refractivity contribution in [3.8, 4) is 5.75 Å². The van der Waals surface area contributed by atoms with Crippen molar-refractivity contribution < 1.29 is 14.6 Å². The molecule has 3 N–H and O–H groups in total. The molecule has 29 heavy (non-hydrogen) atoms. The van der Waals surface area contributed by atoms with Gasteiger partial charge in [-0.3, -0.25) is 0 Å². The van der Waals surface area contributed by atoms with Crippen LogP contribution in [0.25, 0.3) is 0 Å². The van der Waals surface area contributed by atoms with E-state index in [1.54, 1.807) is 42.3 Å². The maximum Gasteiger partial charge on any atom is 0.319 e. The number of aliphatic hydroxyl groups excluding tert-OH is 1. The number of rotatable bonds is 8. The van der Waals surface area contributed by atoms with E-state index in [-0.39, 0.29) is 19.2 Å². The molecule has 1 unspecified atom stereocenters. The van der Waals surface area contributed by atoms with Gasteiger partial charge in [-0.1, -0.05) is 28.9 Å². The van der Waals surface area contributed by atoms with Gasteiger partial charge < -0.3 is 20.5 Å². The first-order chi connectivity index (χ1) is 14.1. The predicted octanol–water partition coefficient (Wildman–Crippen LogP) is 3.04. The number of urea groups is 1. The Morgan fingerprint density at radius 3 is 2.59 bits per heavy atom. The highest BCUT2D eigenvalue weighted by molar-refractivity contribution is 6.30. The first-order valence-electron chi connectivity index (χ1n) is 9.04. The number of carbonyl (C=O) groups is 1. The number of benzene rings is 2. The fourth-order valence-corrected chi connectivity index (χ4v) is 3.02. The summed E-state index contributed by atoms with van der Waals surface area (Å²) >= 11 is 5.88. The zero-order chi connectivity index (χ0) is 20.6. The summed E-state index contributed by atoms with van der Waals surface area (Å²) in [5, 5.41) is 23.5. The van der Waals surface area contributed by atoms with E-state index in [1.807, 2.05) is 24.3 Å². The summed E-state index contributed by atoms with van der Waals surface area (Å²) in [5.41, 5.74) is 2.32. The summed E-state index contributed by atoms with van der Waals surface area (Å²) in [4.78, 5) is 12.6. The van der Waals surface area contributed by atoms with Gasteiger partial charge in [0.2, 0.25) is 0 Å². The Labute approximate surface area is 173 Å². The van der Waals surface area contributed by atoms with Gasteiger partial charge in [0.25, 0.3) is 0 Å². The van der Waals surface area contributed by atoms with E-state index in [9.17, 15) is 9.90 Å². The summed E-state index contributed by atoms with van der Waals surface area (Å²) in [6, 6.07) is 13.7. The third kappa shape index (κ3) is 5.69. The highest BCUT2D eigenvalue weighted by atomic mass is 35.5. The first-order valence-corrected chi connectivity index (χ1v) is 9.42. The van der Waals surface area contributed by atoms with Crippen molar-refractivity contribution in [1.82, 2.24) is 20.3 Å². The molecule has 0 fully saturated rings. The second-order valence-electron chi connectivity index (χ2n) is 6.32. The van der Waals surface area contributed by atoms with Crippen LogP contribution >= 0.6 is 11.6 Å². The number of amides is 2. The largest absolute Gasteiger partial charge is 0.497 e. The van der Waals surface area contributed by atoms with Crippen molar-refractivity contribution in [2.24, 2.45) is 0 Å². The Kier molecular flexibility index (Phi) is 7.04. The van der Waals surface area contributed by atoms with Gasteiger partial charge in [0.1, 0.15) is 5.75 Å². The van der Waals surface area contributed by atoms with Crippen molar-refractivity contribution in [3.05, 3.63) is 71.0 Å². The van der Waals surface area contributed by atoms with Gasteiger partial charge >= 0.3 is 6.03 Å². The SMILES string of the molecule is COc1ccc(CC(NC(=O)Nc2ccc(Cl)cc2)c2cnnn2CCO)cc1. The van der Waals surface area contributed by atoms with Gasteiger partial charge in [-0.15, -0.1) is 5.10 Å². The highest BCUT2D eigenvalue weighted by Gasteiger charge is 2.20. The smallest absolute Gasteiger partial charge is 0.319 e. The summed E-state index contributed by atoms with van der Waals surface area (Å²) < 4.78 is 6.78. The Morgan fingerprint density at radius 1 is 1.21 bits per heavy atom. The van der Waals surface area contributed by atoms with Gasteiger partial charge in [0, 0.05) is 10.7 Å². The number of carbonyl (C=O) groups excluding carboxylic acids is 1. The van der Waals surface area contributed by atoms with Crippen LogP contribution in [0.1, 0.15) is 17.3 Å². The van der Waals surface area contributed by atoms with Crippen LogP contribution in [0.3, 0.4) is 0 Å². The zero-order valence-electron chi connectivity index (χ0n) is 15.9. The van der Waals surface area contributed by atoms with E-state index >= 15 is 0 Å². The molecular formula is C20H22ClN5O3. The van der Waals surface area contributed by atoms with Gasteiger partial charge in [0.15, 0.2) is 0 Å². The number of anilines is 1. The van der Waals surface area contributed by atoms with Crippen LogP contribution in [-0.2, 0) is 13.0 Å². The maximum atomic E-state index is 12.6. The van der Waals surface area contributed by atoms with Crippen LogP contribution in [0.15, 0.2) is 54.7 Å². The molecule has 1 heterocycles. The number of ether oxygens (including phenoxy) is 1. The average Bonchev–Trinajstić information content (AvgIpc) is 3.18. The minimum Gasteiger partial charge on any atom is -0.497 e. The molecule has 2 amide bonds. The van der Waals surface area contributed by atoms with Gasteiger partial charge in [0.05, 0.1) is 38.2 Å². The van der Waals surface area contributed by atoms with E-state index in [0.717, 1.165) is 11.3 Å². The molecule has 1 atom stereocenters. The van der Waals surface area contributed by atoms with Crippen molar-refractivity contribution >= 4 is 23.3 Å². The number of nitrogens with zero attached hydrogens (tertiary/aromatic N) is 3. The highest BCUT2D eigenvalue weighted by Crippen LogP contribution is 2.21. The molecule has 0 bridgehead atoms. The minimum atomic E-state index is -0.405. The van der Waals surface area contributed by atoms with E-state index in [2.05, 4.69) is 20.9 Å². The Balaban J connectivity index is 1.78. The molecule has 0 saturated heterocycles. The lowest BCUT2D eigenvalue weighted by Crippen LogP contribution is -2.35. The van der Waals surface area contributed by atoms with Crippen molar-refractivity contribution in [3.63, 3.8) is 0 Å². The number of aromatic nitrogens is 3. The molecule has 0 saturated carbocycles. The third-order valence-electron chi connectivity index (χ3n) is 4.32. The lowest BCUT2D eigenvalue weighted by Gasteiger charge is -2.20. The Hall–Kier alpha value is -3.10. The van der Waals surface area contributed by atoms with E-state index in [4.69, 9.17) is 16.3 Å². The Bertz CT molecular complexity index is 928. The molecule has 9 heteroatoms. The van der Waals surface area contributed by atoms with Gasteiger partial charge in [-0.05, 0) is 48.4 Å². The number of nitrogens with one attached hydrogen (secondary N) is 2. The quantitative estimate of drug-likeness (QED) is 0.525. The lowest BCUT2D eigenvalue weighted by atomic mass is 10.0. The predicted molar refractivity (Wildman–Crippen MR) is 110 cm³/mol. The second kappa shape index (κ2) is 9.90. The zero-order valence-corrected chi connectivity index (χ0v) is 16.6. The molecular weight excluding hydrogens is 394 g/mol. The molecule has 3 aromatic rings. The maximum absolute atomic E-state index is 12.6. The molecule has 3 rings (SSSR count). The molecule has 0 spiro atoms. The monoisotopic (exact) mass is 415 g/mol. The molecule has 152 valence electrons. The van der Waals surface area contributed by atoms with Crippen molar-refractivity contribution in [2.45, 2.75) is 19.0 Å². The van der Waals surface area contributed by atoms with Crippen LogP contribution in [0.4, 0.5) is 10.5 Å². The second-order valence-corrected chi connectivity index (χ2v) is 6.75. The minimum absolute atomic E-state index is 0.0808. The van der Waals surface area contributed by atoms with Crippen molar-refractivity contribution in [2.75, 3.05) is 19.0 Å². The number of aliphatic hydroxyl groups is 1. The summed E-state index contributed by atoms with van der Waals surface area (Å²) in [6.45, 7) is 0.206. The molecule has 1 aromatic heterocycles. The molecule has 8 nitrogen and oxygen atoms in total. The van der Waals surface area contributed by atoms with Crippen LogP contribution in [0, 0.1) is 0 Å².